The minimum atomic E-state index is -0.412. The molecule has 4 aromatic rings. The molecule has 1 N–H and O–H groups in total. The van der Waals surface area contributed by atoms with E-state index in [0.29, 0.717) is 16.7 Å². The average Bonchev–Trinajstić information content (AvgIpc) is 2.95. The Morgan fingerprint density at radius 2 is 1.74 bits per heavy atom. The fourth-order valence-electron chi connectivity index (χ4n) is 3.37. The molecule has 31 heavy (non-hydrogen) atoms. The number of hydrogen-bond acceptors (Lipinski definition) is 6. The zero-order chi connectivity index (χ0) is 21.2. The van der Waals surface area contributed by atoms with Crippen LogP contribution in [0.25, 0.3) is 11.3 Å². The van der Waals surface area contributed by atoms with Crippen LogP contribution in [0.15, 0.2) is 82.4 Å². The van der Waals surface area contributed by atoms with Crippen molar-refractivity contribution in [3.63, 3.8) is 0 Å². The molecule has 2 heterocycles. The molecule has 0 fully saturated rings. The second-order valence-electron chi connectivity index (χ2n) is 7.23. The highest BCUT2D eigenvalue weighted by Crippen LogP contribution is 2.40. The van der Waals surface area contributed by atoms with E-state index in [1.54, 1.807) is 11.8 Å². The van der Waals surface area contributed by atoms with E-state index in [0.717, 1.165) is 27.0 Å². The van der Waals surface area contributed by atoms with Crippen molar-refractivity contribution in [1.29, 1.82) is 0 Å². The summed E-state index contributed by atoms with van der Waals surface area (Å²) in [6.07, 6.45) is -0.412. The molecule has 1 atom stereocenters. The maximum Gasteiger partial charge on any atom is 0.247 e. The van der Waals surface area contributed by atoms with Crippen molar-refractivity contribution in [1.82, 2.24) is 15.2 Å². The molecule has 0 spiro atoms. The van der Waals surface area contributed by atoms with E-state index in [1.807, 2.05) is 48.5 Å². The van der Waals surface area contributed by atoms with Crippen LogP contribution >= 0.6 is 27.7 Å². The number of halogens is 1. The van der Waals surface area contributed by atoms with Crippen LogP contribution in [0.5, 0.6) is 5.88 Å². The third kappa shape index (κ3) is 4.29. The molecular formula is C24H19BrN4OS. The van der Waals surface area contributed by atoms with Crippen LogP contribution in [0.1, 0.15) is 22.9 Å². The number of aromatic nitrogens is 3. The van der Waals surface area contributed by atoms with E-state index in [9.17, 15) is 0 Å². The van der Waals surface area contributed by atoms with Crippen LogP contribution in [0, 0.1) is 6.92 Å². The third-order valence-electron chi connectivity index (χ3n) is 5.01. The van der Waals surface area contributed by atoms with E-state index in [1.165, 1.54) is 11.1 Å². The summed E-state index contributed by atoms with van der Waals surface area (Å²) in [5, 5.41) is 12.9. The summed E-state index contributed by atoms with van der Waals surface area (Å²) in [6, 6.07) is 24.4. The minimum absolute atomic E-state index is 0.412. The molecule has 1 aliphatic rings. The first-order valence-corrected chi connectivity index (χ1v) is 11.7. The lowest BCUT2D eigenvalue weighted by molar-refractivity contribution is 0.224. The zero-order valence-electron chi connectivity index (χ0n) is 16.7. The molecule has 5 rings (SSSR count). The number of nitrogens with zero attached hydrogens (tertiary/aromatic N) is 3. The molecule has 1 unspecified atom stereocenters. The molecule has 7 heteroatoms. The maximum atomic E-state index is 6.35. The van der Waals surface area contributed by atoms with Crippen LogP contribution in [-0.4, -0.2) is 15.2 Å². The van der Waals surface area contributed by atoms with Gasteiger partial charge in [0.2, 0.25) is 11.0 Å². The van der Waals surface area contributed by atoms with Gasteiger partial charge in [-0.15, -0.1) is 10.2 Å². The quantitative estimate of drug-likeness (QED) is 0.333. The van der Waals surface area contributed by atoms with Gasteiger partial charge in [-0.05, 0) is 24.6 Å². The molecule has 0 amide bonds. The van der Waals surface area contributed by atoms with Gasteiger partial charge in [-0.3, -0.25) is 0 Å². The summed E-state index contributed by atoms with van der Waals surface area (Å²) < 4.78 is 7.31. The molecule has 0 saturated carbocycles. The number of hydrogen-bond donors (Lipinski definition) is 1. The lowest BCUT2D eigenvalue weighted by atomic mass is 10.1. The van der Waals surface area contributed by atoms with Gasteiger partial charge in [0.05, 0.1) is 0 Å². The van der Waals surface area contributed by atoms with Gasteiger partial charge >= 0.3 is 0 Å². The van der Waals surface area contributed by atoms with Gasteiger partial charge in [0.25, 0.3) is 0 Å². The van der Waals surface area contributed by atoms with Gasteiger partial charge in [-0.1, -0.05) is 93.9 Å². The second-order valence-corrected chi connectivity index (χ2v) is 9.03. The van der Waals surface area contributed by atoms with Gasteiger partial charge in [-0.2, -0.15) is 4.98 Å². The van der Waals surface area contributed by atoms with Gasteiger partial charge in [0.1, 0.15) is 0 Å². The number of ether oxygens (including phenoxy) is 1. The van der Waals surface area contributed by atoms with E-state index in [2.05, 4.69) is 62.6 Å². The fourth-order valence-corrected chi connectivity index (χ4v) is 4.60. The smallest absolute Gasteiger partial charge is 0.247 e. The van der Waals surface area contributed by atoms with E-state index < -0.39 is 6.23 Å². The fraction of sp³-hybridized carbons (Fsp3) is 0.125. The molecule has 3 aromatic carbocycles. The Bertz CT molecular complexity index is 1230. The van der Waals surface area contributed by atoms with Crippen LogP contribution in [0.2, 0.25) is 0 Å². The molecule has 5 nitrogen and oxygen atoms in total. The first-order valence-electron chi connectivity index (χ1n) is 9.87. The first-order chi connectivity index (χ1) is 15.2. The Morgan fingerprint density at radius 1 is 0.968 bits per heavy atom. The monoisotopic (exact) mass is 490 g/mol. The molecule has 1 aromatic heterocycles. The number of benzene rings is 3. The lowest BCUT2D eigenvalue weighted by Crippen LogP contribution is -2.17. The first kappa shape index (κ1) is 20.0. The third-order valence-corrected chi connectivity index (χ3v) is 6.64. The van der Waals surface area contributed by atoms with Crippen molar-refractivity contribution in [3.8, 4) is 17.1 Å². The van der Waals surface area contributed by atoms with Crippen molar-refractivity contribution in [2.24, 2.45) is 0 Å². The number of rotatable bonds is 4. The lowest BCUT2D eigenvalue weighted by Gasteiger charge is -2.20. The van der Waals surface area contributed by atoms with Crippen molar-refractivity contribution in [2.45, 2.75) is 24.1 Å². The van der Waals surface area contributed by atoms with Gasteiger partial charge in [0.15, 0.2) is 11.9 Å². The molecule has 0 bridgehead atoms. The minimum Gasteiger partial charge on any atom is -0.448 e. The molecule has 0 radical (unpaired) electrons. The van der Waals surface area contributed by atoms with Gasteiger partial charge < -0.3 is 10.1 Å². The summed E-state index contributed by atoms with van der Waals surface area (Å²) in [6.45, 7) is 2.08. The Labute approximate surface area is 193 Å². The predicted octanol–water partition coefficient (Wildman–Crippen LogP) is 6.40. The summed E-state index contributed by atoms with van der Waals surface area (Å²) in [7, 11) is 0. The van der Waals surface area contributed by atoms with Crippen LogP contribution < -0.4 is 10.1 Å². The molecule has 0 saturated heterocycles. The average molecular weight is 491 g/mol. The maximum absolute atomic E-state index is 6.35. The Kier molecular flexibility index (Phi) is 5.61. The number of fused-ring (bicyclic) bond motifs is 3. The summed E-state index contributed by atoms with van der Waals surface area (Å²) >= 11 is 5.18. The normalized spacial score (nSPS) is 14.6. The predicted molar refractivity (Wildman–Crippen MR) is 127 cm³/mol. The van der Waals surface area contributed by atoms with Crippen molar-refractivity contribution in [2.75, 3.05) is 5.32 Å². The van der Waals surface area contributed by atoms with Crippen molar-refractivity contribution >= 4 is 33.4 Å². The highest BCUT2D eigenvalue weighted by atomic mass is 79.9. The summed E-state index contributed by atoms with van der Waals surface area (Å²) in [5.41, 5.74) is 5.93. The molecular weight excluding hydrogens is 472 g/mol. The van der Waals surface area contributed by atoms with Gasteiger partial charge in [0, 0.05) is 27.0 Å². The van der Waals surface area contributed by atoms with Crippen molar-refractivity contribution < 1.29 is 4.74 Å². The molecule has 154 valence electrons. The number of para-hydroxylation sites is 1. The van der Waals surface area contributed by atoms with E-state index >= 15 is 0 Å². The number of anilines is 1. The van der Waals surface area contributed by atoms with E-state index in [4.69, 9.17) is 9.72 Å². The van der Waals surface area contributed by atoms with Crippen LogP contribution in [0.3, 0.4) is 0 Å². The highest BCUT2D eigenvalue weighted by Gasteiger charge is 2.27. The topological polar surface area (TPSA) is 59.9 Å². The SMILES string of the molecule is Cc1ccc(CSc2nnc3c(n2)OC(c2ccccc2Br)Nc2ccccc2-3)cc1. The Morgan fingerprint density at radius 3 is 2.58 bits per heavy atom. The van der Waals surface area contributed by atoms with Crippen LogP contribution in [0.4, 0.5) is 5.69 Å². The highest BCUT2D eigenvalue weighted by molar-refractivity contribution is 9.10. The van der Waals surface area contributed by atoms with E-state index in [-0.39, 0.29) is 0 Å². The summed E-state index contributed by atoms with van der Waals surface area (Å²) in [4.78, 5) is 4.72. The molecule has 0 aliphatic carbocycles. The number of thioether (sulfide) groups is 1. The Hall–Kier alpha value is -2.90. The Balaban J connectivity index is 1.49. The standard InChI is InChI=1S/C24H19BrN4OS/c1-15-10-12-16(13-11-15)14-31-24-27-23-21(28-29-24)18-7-3-5-9-20(18)26-22(30-23)17-6-2-4-8-19(17)25/h2-13,22,26H,14H2,1H3. The largest absolute Gasteiger partial charge is 0.448 e. The second kappa shape index (κ2) is 8.69. The van der Waals surface area contributed by atoms with Gasteiger partial charge in [-0.25, -0.2) is 0 Å². The number of nitrogens with one attached hydrogen (secondary N) is 1. The molecule has 1 aliphatic heterocycles. The zero-order valence-corrected chi connectivity index (χ0v) is 19.2. The van der Waals surface area contributed by atoms with Crippen molar-refractivity contribution in [3.05, 3.63) is 94.0 Å². The van der Waals surface area contributed by atoms with Crippen LogP contribution in [-0.2, 0) is 5.75 Å². The summed E-state index contributed by atoms with van der Waals surface area (Å²) in [5.74, 6) is 1.24. The number of aryl methyl sites for hydroxylation is 1.